The van der Waals surface area contributed by atoms with E-state index in [1.165, 1.54) is 0 Å². The molecule has 0 fully saturated rings. The summed E-state index contributed by atoms with van der Waals surface area (Å²) in [5.41, 5.74) is 7.41. The normalized spacial score (nSPS) is 10.3. The quantitative estimate of drug-likeness (QED) is 0.525. The van der Waals surface area contributed by atoms with Crippen molar-refractivity contribution in [2.75, 3.05) is 17.7 Å². The fraction of sp³-hybridized carbons (Fsp3) is 0.118. The van der Waals surface area contributed by atoms with Crippen LogP contribution >= 0.6 is 0 Å². The summed E-state index contributed by atoms with van der Waals surface area (Å²) in [6.45, 7) is 0.443. The maximum atomic E-state index is 11.9. The van der Waals surface area contributed by atoms with Crippen molar-refractivity contribution in [1.82, 2.24) is 15.2 Å². The zero-order valence-electron chi connectivity index (χ0n) is 13.6. The number of carbonyl (C=O) groups is 1. The van der Waals surface area contributed by atoms with Gasteiger partial charge in [-0.2, -0.15) is 5.10 Å². The average molecular weight is 338 g/mol. The number of aromatic nitrogens is 3. The predicted octanol–water partition coefficient (Wildman–Crippen LogP) is 2.27. The van der Waals surface area contributed by atoms with E-state index in [9.17, 15) is 4.79 Å². The number of aromatic amines is 1. The number of amides is 1. The first-order chi connectivity index (χ1) is 12.2. The number of para-hydroxylation sites is 1. The lowest BCUT2D eigenvalue weighted by molar-refractivity contribution is 0.100. The van der Waals surface area contributed by atoms with E-state index < -0.39 is 5.91 Å². The molecule has 2 heterocycles. The van der Waals surface area contributed by atoms with Gasteiger partial charge in [0.25, 0.3) is 5.91 Å². The molecule has 128 valence electrons. The summed E-state index contributed by atoms with van der Waals surface area (Å²) in [6.07, 6.45) is 3.28. The number of ether oxygens (including phenoxy) is 1. The van der Waals surface area contributed by atoms with Gasteiger partial charge in [0.2, 0.25) is 0 Å². The monoisotopic (exact) mass is 338 g/mol. The van der Waals surface area contributed by atoms with Crippen molar-refractivity contribution in [3.8, 4) is 5.75 Å². The molecule has 1 aromatic carbocycles. The summed E-state index contributed by atoms with van der Waals surface area (Å²) in [5.74, 6) is 0.930. The smallest absolute Gasteiger partial charge is 0.256 e. The number of primary amides is 1. The van der Waals surface area contributed by atoms with Crippen LogP contribution in [0.3, 0.4) is 0 Å². The lowest BCUT2D eigenvalue weighted by Gasteiger charge is -2.10. The third-order valence-electron chi connectivity index (χ3n) is 3.59. The molecule has 0 aliphatic heterocycles. The molecule has 0 radical (unpaired) electrons. The molecule has 0 saturated heterocycles. The second kappa shape index (κ2) is 7.35. The van der Waals surface area contributed by atoms with Crippen LogP contribution in [-0.2, 0) is 6.54 Å². The predicted molar refractivity (Wildman–Crippen MR) is 94.9 cm³/mol. The molecule has 0 spiro atoms. The largest absolute Gasteiger partial charge is 0.496 e. The number of methoxy groups -OCH3 is 1. The first-order valence-corrected chi connectivity index (χ1v) is 7.60. The Labute approximate surface area is 144 Å². The van der Waals surface area contributed by atoms with Crippen LogP contribution in [0.2, 0.25) is 0 Å². The minimum atomic E-state index is -0.595. The number of nitrogens with one attached hydrogen (secondary N) is 3. The van der Waals surface area contributed by atoms with Gasteiger partial charge in [0.15, 0.2) is 5.82 Å². The van der Waals surface area contributed by atoms with E-state index in [2.05, 4.69) is 25.8 Å². The number of carbonyl (C=O) groups excluding carboxylic acids is 1. The maximum absolute atomic E-state index is 11.9. The van der Waals surface area contributed by atoms with Gasteiger partial charge < -0.3 is 21.1 Å². The van der Waals surface area contributed by atoms with E-state index in [-0.39, 0.29) is 5.56 Å². The molecule has 3 aromatic rings. The molecule has 2 aromatic heterocycles. The lowest BCUT2D eigenvalue weighted by atomic mass is 10.2. The SMILES string of the molecule is COc1ccccc1CNc1[nH]nc(Nc2cccnc2)c1C(N)=O. The molecule has 0 atom stereocenters. The van der Waals surface area contributed by atoms with Crippen LogP contribution in [0.5, 0.6) is 5.75 Å². The van der Waals surface area contributed by atoms with Crippen LogP contribution in [0.1, 0.15) is 15.9 Å². The Hall–Kier alpha value is -3.55. The van der Waals surface area contributed by atoms with Gasteiger partial charge in [0.1, 0.15) is 17.1 Å². The molecule has 5 N–H and O–H groups in total. The van der Waals surface area contributed by atoms with Gasteiger partial charge in [0.05, 0.1) is 19.0 Å². The van der Waals surface area contributed by atoms with E-state index in [0.717, 1.165) is 11.3 Å². The van der Waals surface area contributed by atoms with Gasteiger partial charge in [-0.3, -0.25) is 14.9 Å². The standard InChI is InChI=1S/C17H18N6O2/c1-25-13-7-3-2-5-11(13)9-20-16-14(15(18)24)17(23-22-16)21-12-6-4-8-19-10-12/h2-8,10H,9H2,1H3,(H2,18,24)(H3,20,21,22,23). The Bertz CT molecular complexity index is 863. The Kier molecular flexibility index (Phi) is 4.79. The molecule has 0 bridgehead atoms. The second-order valence-corrected chi connectivity index (χ2v) is 5.22. The average Bonchev–Trinajstić information content (AvgIpc) is 3.03. The summed E-state index contributed by atoms with van der Waals surface area (Å²) < 4.78 is 5.32. The van der Waals surface area contributed by atoms with Crippen molar-refractivity contribution in [3.63, 3.8) is 0 Å². The van der Waals surface area contributed by atoms with Gasteiger partial charge in [-0.05, 0) is 18.2 Å². The van der Waals surface area contributed by atoms with Crippen molar-refractivity contribution >= 4 is 23.2 Å². The Balaban J connectivity index is 1.81. The van der Waals surface area contributed by atoms with Crippen LogP contribution in [-0.4, -0.2) is 28.2 Å². The number of nitrogens with two attached hydrogens (primary N) is 1. The number of pyridine rings is 1. The summed E-state index contributed by atoms with van der Waals surface area (Å²) in [6, 6.07) is 11.2. The first-order valence-electron chi connectivity index (χ1n) is 7.60. The van der Waals surface area contributed by atoms with E-state index in [1.807, 2.05) is 30.3 Å². The summed E-state index contributed by atoms with van der Waals surface area (Å²) in [4.78, 5) is 15.9. The van der Waals surface area contributed by atoms with Crippen molar-refractivity contribution in [3.05, 3.63) is 59.9 Å². The van der Waals surface area contributed by atoms with Crippen LogP contribution in [0.4, 0.5) is 17.3 Å². The molecule has 25 heavy (non-hydrogen) atoms. The van der Waals surface area contributed by atoms with E-state index in [0.29, 0.717) is 23.9 Å². The molecule has 0 unspecified atom stereocenters. The lowest BCUT2D eigenvalue weighted by Crippen LogP contribution is -2.15. The molecular weight excluding hydrogens is 320 g/mol. The summed E-state index contributed by atoms with van der Waals surface area (Å²) in [5, 5.41) is 13.1. The zero-order valence-corrected chi connectivity index (χ0v) is 13.6. The Morgan fingerprint density at radius 3 is 2.84 bits per heavy atom. The van der Waals surface area contributed by atoms with Gasteiger partial charge in [-0.1, -0.05) is 18.2 Å². The number of rotatable bonds is 7. The van der Waals surface area contributed by atoms with E-state index in [1.54, 1.807) is 25.6 Å². The van der Waals surface area contributed by atoms with E-state index >= 15 is 0 Å². The van der Waals surface area contributed by atoms with Crippen LogP contribution in [0, 0.1) is 0 Å². The fourth-order valence-corrected chi connectivity index (χ4v) is 2.41. The fourth-order valence-electron chi connectivity index (χ4n) is 2.41. The molecule has 0 aliphatic rings. The van der Waals surface area contributed by atoms with Crippen LogP contribution < -0.4 is 21.1 Å². The summed E-state index contributed by atoms with van der Waals surface area (Å²) in [7, 11) is 1.61. The molecule has 8 nitrogen and oxygen atoms in total. The number of benzene rings is 1. The highest BCUT2D eigenvalue weighted by Crippen LogP contribution is 2.25. The minimum absolute atomic E-state index is 0.249. The highest BCUT2D eigenvalue weighted by atomic mass is 16.5. The number of hydrogen-bond acceptors (Lipinski definition) is 6. The first kappa shape index (κ1) is 16.3. The summed E-state index contributed by atoms with van der Waals surface area (Å²) >= 11 is 0. The number of hydrogen-bond donors (Lipinski definition) is 4. The van der Waals surface area contributed by atoms with E-state index in [4.69, 9.17) is 10.5 Å². The number of anilines is 3. The third kappa shape index (κ3) is 3.69. The maximum Gasteiger partial charge on any atom is 0.256 e. The van der Waals surface area contributed by atoms with Gasteiger partial charge in [-0.15, -0.1) is 0 Å². The Morgan fingerprint density at radius 2 is 2.12 bits per heavy atom. The van der Waals surface area contributed by atoms with Crippen LogP contribution in [0.15, 0.2) is 48.8 Å². The topological polar surface area (TPSA) is 118 Å². The zero-order chi connectivity index (χ0) is 17.6. The second-order valence-electron chi connectivity index (χ2n) is 5.22. The van der Waals surface area contributed by atoms with Gasteiger partial charge >= 0.3 is 0 Å². The molecule has 0 saturated carbocycles. The third-order valence-corrected chi connectivity index (χ3v) is 3.59. The number of H-pyrrole nitrogens is 1. The molecule has 0 aliphatic carbocycles. The highest BCUT2D eigenvalue weighted by Gasteiger charge is 2.18. The van der Waals surface area contributed by atoms with Crippen molar-refractivity contribution in [1.29, 1.82) is 0 Å². The van der Waals surface area contributed by atoms with Crippen molar-refractivity contribution in [2.45, 2.75) is 6.54 Å². The minimum Gasteiger partial charge on any atom is -0.496 e. The highest BCUT2D eigenvalue weighted by molar-refractivity contribution is 6.03. The van der Waals surface area contributed by atoms with Gasteiger partial charge in [0, 0.05) is 18.3 Å². The van der Waals surface area contributed by atoms with Crippen LogP contribution in [0.25, 0.3) is 0 Å². The molecule has 8 heteroatoms. The Morgan fingerprint density at radius 1 is 1.28 bits per heavy atom. The molecule has 3 rings (SSSR count). The van der Waals surface area contributed by atoms with Crippen molar-refractivity contribution < 1.29 is 9.53 Å². The molecular formula is C17H18N6O2. The van der Waals surface area contributed by atoms with Gasteiger partial charge in [-0.25, -0.2) is 0 Å². The molecule has 1 amide bonds. The van der Waals surface area contributed by atoms with Crippen molar-refractivity contribution in [2.24, 2.45) is 5.73 Å². The number of nitrogens with zero attached hydrogens (tertiary/aromatic N) is 2.